The zero-order chi connectivity index (χ0) is 23.3. The van der Waals surface area contributed by atoms with Crippen LogP contribution in [0.3, 0.4) is 0 Å². The van der Waals surface area contributed by atoms with Gasteiger partial charge in [-0.15, -0.1) is 0 Å². The molecule has 3 rings (SSSR count). The third-order valence-electron chi connectivity index (χ3n) is 4.92. The van der Waals surface area contributed by atoms with E-state index in [4.69, 9.17) is 14.2 Å². The number of rotatable bonds is 11. The van der Waals surface area contributed by atoms with Crippen LogP contribution < -0.4 is 44.1 Å². The maximum atomic E-state index is 10.9. The Bertz CT molecular complexity index is 1050. The average molecular weight is 467 g/mol. The molecule has 3 aromatic rings. The minimum Gasteiger partial charge on any atom is -0.547 e. The van der Waals surface area contributed by atoms with Gasteiger partial charge in [-0.1, -0.05) is 42.2 Å². The van der Waals surface area contributed by atoms with E-state index < -0.39 is 12.1 Å². The van der Waals surface area contributed by atoms with E-state index >= 15 is 0 Å². The van der Waals surface area contributed by atoms with Gasteiger partial charge in [-0.2, -0.15) is 0 Å². The normalized spacial score (nSPS) is 10.9. The van der Waals surface area contributed by atoms with Gasteiger partial charge >= 0.3 is 29.6 Å². The van der Waals surface area contributed by atoms with Gasteiger partial charge in [-0.3, -0.25) is 0 Å². The van der Waals surface area contributed by atoms with Crippen LogP contribution in [0, 0.1) is 11.8 Å². The number of carboxylic acid groups (broad SMARTS) is 1. The summed E-state index contributed by atoms with van der Waals surface area (Å²) in [5.41, 5.74) is 1.77. The molecule has 1 atom stereocenters. The van der Waals surface area contributed by atoms with Crippen molar-refractivity contribution >= 4 is 5.97 Å². The van der Waals surface area contributed by atoms with E-state index in [0.29, 0.717) is 6.61 Å². The van der Waals surface area contributed by atoms with Crippen molar-refractivity contribution in [3.63, 3.8) is 0 Å². The van der Waals surface area contributed by atoms with Gasteiger partial charge in [0, 0.05) is 25.5 Å². The summed E-state index contributed by atoms with van der Waals surface area (Å²) in [5.74, 6) is 7.49. The third kappa shape index (κ3) is 9.62. The van der Waals surface area contributed by atoms with E-state index in [1.807, 2.05) is 78.9 Å². The first-order chi connectivity index (χ1) is 16.1. The average Bonchev–Trinajstić information content (AvgIpc) is 2.84. The predicted octanol–water partition coefficient (Wildman–Crippen LogP) is 1.39. The third-order valence-corrected chi connectivity index (χ3v) is 4.92. The fourth-order valence-corrected chi connectivity index (χ4v) is 3.10. The molecule has 3 aromatic carbocycles. The van der Waals surface area contributed by atoms with Crippen molar-refractivity contribution in [3.8, 4) is 29.1 Å². The number of hydrogen-bond donors (Lipinski definition) is 0. The molecule has 0 radical (unpaired) electrons. The summed E-state index contributed by atoms with van der Waals surface area (Å²) >= 11 is 0. The molecule has 0 amide bonds. The molecule has 0 N–H and O–H groups in total. The summed E-state index contributed by atoms with van der Waals surface area (Å²) in [6.45, 7) is 0.633. The number of aliphatic carboxylic acids is 1. The summed E-state index contributed by atoms with van der Waals surface area (Å²) in [4.78, 5) is 10.9. The second kappa shape index (κ2) is 15.2. The Hall–Kier alpha value is -2.75. The molecule has 34 heavy (non-hydrogen) atoms. The van der Waals surface area contributed by atoms with Crippen molar-refractivity contribution < 1.29 is 53.7 Å². The second-order valence-corrected chi connectivity index (χ2v) is 7.44. The Kier molecular flexibility index (Phi) is 12.3. The largest absolute Gasteiger partial charge is 1.00 e. The molecular formula is C28H27NaO5. The molecule has 5 nitrogen and oxygen atoms in total. The molecule has 0 unspecified atom stereocenters. The summed E-state index contributed by atoms with van der Waals surface area (Å²) < 4.78 is 16.5. The smallest absolute Gasteiger partial charge is 0.547 e. The van der Waals surface area contributed by atoms with Gasteiger partial charge in [0.05, 0.1) is 12.6 Å². The Labute approximate surface area is 223 Å². The van der Waals surface area contributed by atoms with Gasteiger partial charge in [0.2, 0.25) is 0 Å². The van der Waals surface area contributed by atoms with E-state index in [1.54, 1.807) is 0 Å². The molecule has 0 aliphatic carbocycles. The van der Waals surface area contributed by atoms with E-state index in [9.17, 15) is 9.90 Å². The van der Waals surface area contributed by atoms with Crippen molar-refractivity contribution in [3.05, 3.63) is 90.0 Å². The molecule has 0 aliphatic rings. The van der Waals surface area contributed by atoms with Crippen LogP contribution >= 0.6 is 0 Å². The van der Waals surface area contributed by atoms with Gasteiger partial charge < -0.3 is 24.1 Å². The first-order valence-electron chi connectivity index (χ1n) is 10.9. The Morgan fingerprint density at radius 2 is 1.53 bits per heavy atom. The first kappa shape index (κ1) is 27.5. The van der Waals surface area contributed by atoms with Crippen LogP contribution in [0.4, 0.5) is 0 Å². The number of carbonyl (C=O) groups excluding carboxylic acids is 1. The van der Waals surface area contributed by atoms with Crippen molar-refractivity contribution in [2.75, 3.05) is 13.7 Å². The van der Waals surface area contributed by atoms with Crippen molar-refractivity contribution in [2.45, 2.75) is 31.8 Å². The minimum atomic E-state index is -1.21. The number of benzene rings is 3. The molecule has 0 aliphatic heterocycles. The molecular weight excluding hydrogens is 439 g/mol. The van der Waals surface area contributed by atoms with Gasteiger partial charge in [-0.05, 0) is 66.9 Å². The van der Waals surface area contributed by atoms with E-state index in [1.165, 1.54) is 7.11 Å². The van der Waals surface area contributed by atoms with Crippen molar-refractivity contribution in [2.24, 2.45) is 0 Å². The Morgan fingerprint density at radius 3 is 2.18 bits per heavy atom. The Morgan fingerprint density at radius 1 is 0.882 bits per heavy atom. The first-order valence-corrected chi connectivity index (χ1v) is 10.9. The minimum absolute atomic E-state index is 0. The molecule has 0 saturated heterocycles. The quantitative estimate of drug-likeness (QED) is 0.243. The Balaban J connectivity index is 0.00000408. The summed E-state index contributed by atoms with van der Waals surface area (Å²) in [6.07, 6.45) is 1.98. The second-order valence-electron chi connectivity index (χ2n) is 7.44. The van der Waals surface area contributed by atoms with E-state index in [2.05, 4.69) is 11.8 Å². The summed E-state index contributed by atoms with van der Waals surface area (Å²) in [5, 5.41) is 10.9. The van der Waals surface area contributed by atoms with Crippen LogP contribution in [0.15, 0.2) is 78.9 Å². The number of carboxylic acids is 1. The number of hydrogen-bond acceptors (Lipinski definition) is 5. The number of carbonyl (C=O) groups is 1. The molecule has 0 bridgehead atoms. The zero-order valence-corrected chi connectivity index (χ0v) is 21.7. The van der Waals surface area contributed by atoms with Crippen LogP contribution in [-0.4, -0.2) is 25.8 Å². The van der Waals surface area contributed by atoms with Crippen LogP contribution in [0.5, 0.6) is 17.2 Å². The van der Waals surface area contributed by atoms with Crippen LogP contribution in [-0.2, 0) is 16.0 Å². The van der Waals surface area contributed by atoms with Crippen LogP contribution in [0.2, 0.25) is 0 Å². The summed E-state index contributed by atoms with van der Waals surface area (Å²) in [6, 6.07) is 24.8. The van der Waals surface area contributed by atoms with Crippen LogP contribution in [0.1, 0.15) is 30.4 Å². The molecule has 0 spiro atoms. The van der Waals surface area contributed by atoms with Gasteiger partial charge in [0.25, 0.3) is 0 Å². The fourth-order valence-electron chi connectivity index (χ4n) is 3.10. The van der Waals surface area contributed by atoms with E-state index in [-0.39, 0.29) is 36.0 Å². The molecule has 0 aromatic heterocycles. The topological polar surface area (TPSA) is 67.8 Å². The number of para-hydroxylation sites is 1. The molecule has 0 fully saturated rings. The fraction of sp³-hybridized carbons (Fsp3) is 0.250. The zero-order valence-electron chi connectivity index (χ0n) is 19.7. The molecule has 6 heteroatoms. The standard InChI is InChI=1S/C28H28O5.Na/c1-31-27(28(29)30)21-23-14-12-22(13-15-23)9-5-2-3-8-20-32-24-16-18-26(19-17-24)33-25-10-6-4-7-11-25;/h4,6-7,10-19,27H,2-3,8,20-21H2,1H3,(H,29,30);/q;+1/p-1/t27-;/m0./s1. The monoisotopic (exact) mass is 466 g/mol. The van der Waals surface area contributed by atoms with Gasteiger partial charge in [0.1, 0.15) is 23.4 Å². The molecule has 0 saturated carbocycles. The SMILES string of the molecule is CO[C@@H](Cc1ccc(C#CCCCCOc2ccc(Oc3ccccc3)cc2)cc1)C(=O)[O-].[Na+]. The van der Waals surface area contributed by atoms with E-state index in [0.717, 1.165) is 47.6 Å². The molecule has 170 valence electrons. The maximum absolute atomic E-state index is 10.9. The number of ether oxygens (including phenoxy) is 3. The summed E-state index contributed by atoms with van der Waals surface area (Å²) in [7, 11) is 1.36. The number of methoxy groups -OCH3 is 1. The number of unbranched alkanes of at least 4 members (excludes halogenated alkanes) is 2. The predicted molar refractivity (Wildman–Crippen MR) is 125 cm³/mol. The van der Waals surface area contributed by atoms with Gasteiger partial charge in [0.15, 0.2) is 0 Å². The van der Waals surface area contributed by atoms with Crippen molar-refractivity contribution in [1.29, 1.82) is 0 Å². The van der Waals surface area contributed by atoms with Crippen molar-refractivity contribution in [1.82, 2.24) is 0 Å². The van der Waals surface area contributed by atoms with Gasteiger partial charge in [-0.25, -0.2) is 0 Å². The van der Waals surface area contributed by atoms with Crippen LogP contribution in [0.25, 0.3) is 0 Å². The maximum Gasteiger partial charge on any atom is 1.00 e. The molecule has 0 heterocycles.